The van der Waals surface area contributed by atoms with Gasteiger partial charge in [-0.1, -0.05) is 0 Å². The summed E-state index contributed by atoms with van der Waals surface area (Å²) >= 11 is 0. The second-order valence-corrected chi connectivity index (χ2v) is 8.50. The first-order valence-corrected chi connectivity index (χ1v) is 11.7. The number of hydrogen-bond acceptors (Lipinski definition) is 11. The topological polar surface area (TPSA) is 249 Å². The lowest BCUT2D eigenvalue weighted by atomic mass is 10.4. The maximum absolute atomic E-state index is 11.2. The van der Waals surface area contributed by atoms with Gasteiger partial charge in [0.2, 0.25) is 5.95 Å². The molecule has 0 spiro atoms. The fraction of sp³-hybridized carbons (Fsp3) is 0.167. The number of fused-ring (bicyclic) bond motifs is 2. The van der Waals surface area contributed by atoms with Gasteiger partial charge in [0, 0.05) is 59.0 Å². The van der Waals surface area contributed by atoms with E-state index in [2.05, 4.69) is 29.9 Å². The Balaban J connectivity index is 0.000000152. The molecule has 0 radical (unpaired) electrons. The summed E-state index contributed by atoms with van der Waals surface area (Å²) in [5, 5.41) is 1.47. The fourth-order valence-electron chi connectivity index (χ4n) is 3.22. The third-order valence-electron chi connectivity index (χ3n) is 5.44. The van der Waals surface area contributed by atoms with Gasteiger partial charge in [-0.3, -0.25) is 19.6 Å². The molecule has 0 aliphatic heterocycles. The first kappa shape index (κ1) is 29.6. The molecule has 0 unspecified atom stereocenters. The fourth-order valence-corrected chi connectivity index (χ4v) is 3.22. The molecule has 6 aromatic rings. The van der Waals surface area contributed by atoms with E-state index in [-0.39, 0.29) is 34.3 Å². The lowest BCUT2D eigenvalue weighted by Gasteiger charge is -1.95. The van der Waals surface area contributed by atoms with Crippen molar-refractivity contribution in [2.75, 3.05) is 17.2 Å². The Morgan fingerprint density at radius 3 is 1.85 bits per heavy atom. The van der Waals surface area contributed by atoms with Gasteiger partial charge in [-0.05, 0) is 18.2 Å². The molecule has 17 heteroatoms. The van der Waals surface area contributed by atoms with E-state index in [0.29, 0.717) is 16.9 Å². The number of hydrogen-bond donors (Lipinski definition) is 5. The quantitative estimate of drug-likeness (QED) is 0.147. The molecule has 0 atom stereocenters. The first-order chi connectivity index (χ1) is 19.4. The van der Waals surface area contributed by atoms with Crippen molar-refractivity contribution in [3.63, 3.8) is 0 Å². The molecule has 0 bridgehead atoms. The van der Waals surface area contributed by atoms with Crippen LogP contribution in [-0.2, 0) is 28.2 Å². The number of anilines is 3. The number of nitrogens with zero attached hydrogens (tertiary/aromatic N) is 8. The SMILES string of the molecule is Cn1ccc(=O)[nH]c1=O.Cn1ccc(N)nc1=O.Cn1ccc2c(=O)[nH]c(N)nc21.Cn1ccc2c(N)ncnc21. The van der Waals surface area contributed by atoms with E-state index in [1.165, 1.54) is 27.7 Å². The van der Waals surface area contributed by atoms with Crippen LogP contribution < -0.4 is 39.7 Å². The van der Waals surface area contributed by atoms with Crippen LogP contribution in [0.5, 0.6) is 0 Å². The number of aromatic nitrogens is 10. The average molecular weight is 564 g/mol. The number of aryl methyl sites for hydroxylation is 4. The van der Waals surface area contributed by atoms with Crippen molar-refractivity contribution < 1.29 is 0 Å². The summed E-state index contributed by atoms with van der Waals surface area (Å²) in [5.41, 5.74) is 16.4. The third kappa shape index (κ3) is 7.53. The summed E-state index contributed by atoms with van der Waals surface area (Å²) in [6, 6.07) is 6.48. The predicted molar refractivity (Wildman–Crippen MR) is 155 cm³/mol. The van der Waals surface area contributed by atoms with Crippen molar-refractivity contribution >= 4 is 39.7 Å². The van der Waals surface area contributed by atoms with Crippen molar-refractivity contribution in [1.82, 2.24) is 48.2 Å². The smallest absolute Gasteiger partial charge is 0.349 e. The number of rotatable bonds is 0. The van der Waals surface area contributed by atoms with E-state index < -0.39 is 0 Å². The number of nitrogen functional groups attached to an aromatic ring is 3. The lowest BCUT2D eigenvalue weighted by Crippen LogP contribution is -2.26. The van der Waals surface area contributed by atoms with Crippen LogP contribution >= 0.6 is 0 Å². The van der Waals surface area contributed by atoms with Gasteiger partial charge in [0.1, 0.15) is 29.3 Å². The summed E-state index contributed by atoms with van der Waals surface area (Å²) in [5.74, 6) is 0.947. The normalized spacial score (nSPS) is 10.1. The maximum Gasteiger partial charge on any atom is 0.349 e. The first-order valence-electron chi connectivity index (χ1n) is 11.7. The maximum atomic E-state index is 11.2. The molecule has 0 fully saturated rings. The molecule has 6 aromatic heterocycles. The monoisotopic (exact) mass is 563 g/mol. The minimum Gasteiger partial charge on any atom is -0.383 e. The predicted octanol–water partition coefficient (Wildman–Crippen LogP) is -1.17. The largest absolute Gasteiger partial charge is 0.383 e. The number of H-pyrrole nitrogens is 2. The Hall–Kier alpha value is -6.00. The van der Waals surface area contributed by atoms with Crippen molar-refractivity contribution in [2.45, 2.75) is 0 Å². The molecule has 6 rings (SSSR count). The van der Waals surface area contributed by atoms with E-state index in [4.69, 9.17) is 17.2 Å². The highest BCUT2D eigenvalue weighted by Gasteiger charge is 2.04. The zero-order valence-corrected chi connectivity index (χ0v) is 22.6. The van der Waals surface area contributed by atoms with E-state index in [1.54, 1.807) is 43.2 Å². The third-order valence-corrected chi connectivity index (χ3v) is 5.44. The minimum atomic E-state index is -0.387. The molecule has 6 heterocycles. The van der Waals surface area contributed by atoms with E-state index in [0.717, 1.165) is 11.0 Å². The van der Waals surface area contributed by atoms with Gasteiger partial charge < -0.3 is 35.5 Å². The zero-order valence-electron chi connectivity index (χ0n) is 22.6. The minimum absolute atomic E-state index is 0.148. The van der Waals surface area contributed by atoms with E-state index >= 15 is 0 Å². The highest BCUT2D eigenvalue weighted by atomic mass is 16.2. The van der Waals surface area contributed by atoms with Gasteiger partial charge in [-0.25, -0.2) is 19.6 Å². The van der Waals surface area contributed by atoms with Gasteiger partial charge in [0.15, 0.2) is 0 Å². The molecule has 41 heavy (non-hydrogen) atoms. The van der Waals surface area contributed by atoms with E-state index in [9.17, 15) is 19.2 Å². The molecule has 0 saturated carbocycles. The van der Waals surface area contributed by atoms with Crippen molar-refractivity contribution in [2.24, 2.45) is 28.2 Å². The van der Waals surface area contributed by atoms with Gasteiger partial charge in [-0.2, -0.15) is 9.97 Å². The van der Waals surface area contributed by atoms with Crippen LogP contribution in [-0.4, -0.2) is 48.2 Å². The highest BCUT2D eigenvalue weighted by molar-refractivity contribution is 5.85. The molecule has 0 aliphatic rings. The summed E-state index contributed by atoms with van der Waals surface area (Å²) in [7, 11) is 6.93. The van der Waals surface area contributed by atoms with Crippen molar-refractivity contribution in [3.05, 3.63) is 97.1 Å². The van der Waals surface area contributed by atoms with Gasteiger partial charge in [0.25, 0.3) is 11.1 Å². The highest BCUT2D eigenvalue weighted by Crippen LogP contribution is 2.15. The van der Waals surface area contributed by atoms with Crippen LogP contribution in [0.2, 0.25) is 0 Å². The molecule has 8 N–H and O–H groups in total. The van der Waals surface area contributed by atoms with E-state index in [1.807, 2.05) is 30.9 Å². The summed E-state index contributed by atoms with van der Waals surface area (Å²) in [6.45, 7) is 0. The van der Waals surface area contributed by atoms with Crippen LogP contribution in [0, 0.1) is 0 Å². The Labute approximate surface area is 230 Å². The molecular formula is C24H29N13O4. The van der Waals surface area contributed by atoms with Crippen molar-refractivity contribution in [1.29, 1.82) is 0 Å². The summed E-state index contributed by atoms with van der Waals surface area (Å²) in [4.78, 5) is 62.7. The van der Waals surface area contributed by atoms with Crippen LogP contribution in [0.3, 0.4) is 0 Å². The molecule has 0 saturated heterocycles. The lowest BCUT2D eigenvalue weighted by molar-refractivity contribution is 0.799. The second kappa shape index (κ2) is 12.7. The average Bonchev–Trinajstić information content (AvgIpc) is 3.49. The Bertz CT molecular complexity index is 2030. The molecule has 17 nitrogen and oxygen atoms in total. The molecule has 0 aliphatic carbocycles. The number of nitrogens with one attached hydrogen (secondary N) is 2. The molecule has 0 amide bonds. The second-order valence-electron chi connectivity index (χ2n) is 8.50. The van der Waals surface area contributed by atoms with Crippen LogP contribution in [0.15, 0.2) is 74.6 Å². The van der Waals surface area contributed by atoms with Crippen LogP contribution in [0.4, 0.5) is 17.6 Å². The molecule has 214 valence electrons. The van der Waals surface area contributed by atoms with Gasteiger partial charge in [-0.15, -0.1) is 0 Å². The van der Waals surface area contributed by atoms with Crippen LogP contribution in [0.1, 0.15) is 0 Å². The van der Waals surface area contributed by atoms with Crippen LogP contribution in [0.25, 0.3) is 22.1 Å². The number of aromatic amines is 2. The van der Waals surface area contributed by atoms with Gasteiger partial charge in [0.05, 0.1) is 10.8 Å². The summed E-state index contributed by atoms with van der Waals surface area (Å²) in [6.07, 6.45) is 8.14. The Morgan fingerprint density at radius 1 is 0.659 bits per heavy atom. The van der Waals surface area contributed by atoms with Crippen molar-refractivity contribution in [3.8, 4) is 0 Å². The standard InChI is InChI=1S/C7H8N4O.C7H8N4.C5H7N3O.C5H6N2O2/c1-11-3-2-4-5(11)9-7(8)10-6(4)12;1-11-3-2-5-6(8)9-4-10-7(5)11;1-8-3-2-4(6)7-5(8)9;1-7-3-2-4(8)6-5(7)9/h2-3H,1H3,(H3,8,9,10,12);2-4H,1H3,(H2,8,9,10);2-3H,1H3,(H2,6,7,9);2-3H,1H3,(H,6,8,9). The summed E-state index contributed by atoms with van der Waals surface area (Å²) < 4.78 is 6.31. The molecular weight excluding hydrogens is 534 g/mol. The zero-order chi connectivity index (χ0) is 30.3. The molecule has 0 aromatic carbocycles. The number of nitrogens with two attached hydrogens (primary N) is 3. The Kier molecular flexibility index (Phi) is 9.15. The Morgan fingerprint density at radius 2 is 1.27 bits per heavy atom. The van der Waals surface area contributed by atoms with Gasteiger partial charge >= 0.3 is 11.4 Å².